The summed E-state index contributed by atoms with van der Waals surface area (Å²) in [6, 6.07) is 13.1. The van der Waals surface area contributed by atoms with Gasteiger partial charge in [0.2, 0.25) is 0 Å². The van der Waals surface area contributed by atoms with Crippen molar-refractivity contribution in [2.24, 2.45) is 0 Å². The lowest BCUT2D eigenvalue weighted by Crippen LogP contribution is -2.12. The third-order valence-corrected chi connectivity index (χ3v) is 4.76. The van der Waals surface area contributed by atoms with Gasteiger partial charge in [-0.3, -0.25) is 9.78 Å². The molecule has 1 aliphatic carbocycles. The molecule has 1 unspecified atom stereocenters. The molecule has 1 N–H and O–H groups in total. The van der Waals surface area contributed by atoms with E-state index in [9.17, 15) is 10.1 Å². The van der Waals surface area contributed by atoms with E-state index in [4.69, 9.17) is 0 Å². The molecule has 0 amide bonds. The lowest BCUT2D eigenvalue weighted by Gasteiger charge is -2.11. The normalized spacial score (nSPS) is 14.8. The summed E-state index contributed by atoms with van der Waals surface area (Å²) in [6.45, 7) is 0. The van der Waals surface area contributed by atoms with Crippen molar-refractivity contribution >= 4 is 16.7 Å². The van der Waals surface area contributed by atoms with Crippen LogP contribution >= 0.6 is 0 Å². The van der Waals surface area contributed by atoms with Crippen LogP contribution in [0.5, 0.6) is 0 Å². The molecule has 0 spiro atoms. The summed E-state index contributed by atoms with van der Waals surface area (Å²) < 4.78 is 0. The number of rotatable bonds is 3. The molecule has 1 aromatic carbocycles. The minimum absolute atomic E-state index is 0.191. The molecule has 4 heteroatoms. The molecule has 0 bridgehead atoms. The molecule has 4 rings (SSSR count). The number of fused-ring (bicyclic) bond motifs is 3. The van der Waals surface area contributed by atoms with Gasteiger partial charge in [0.05, 0.1) is 11.8 Å². The fourth-order valence-electron chi connectivity index (χ4n) is 3.53. The number of aromatic nitrogens is 2. The van der Waals surface area contributed by atoms with Crippen LogP contribution < -0.4 is 0 Å². The molecule has 0 saturated heterocycles. The fourth-order valence-corrected chi connectivity index (χ4v) is 3.53. The largest absolute Gasteiger partial charge is 0.358 e. The van der Waals surface area contributed by atoms with Crippen LogP contribution in [0.4, 0.5) is 0 Å². The molecule has 2 heterocycles. The van der Waals surface area contributed by atoms with Crippen LogP contribution in [0, 0.1) is 11.3 Å². The van der Waals surface area contributed by atoms with Gasteiger partial charge in [-0.25, -0.2) is 0 Å². The number of pyridine rings is 1. The summed E-state index contributed by atoms with van der Waals surface area (Å²) in [5.74, 6) is -1.05. The summed E-state index contributed by atoms with van der Waals surface area (Å²) in [6.07, 6.45) is 6.13. The molecule has 24 heavy (non-hydrogen) atoms. The lowest BCUT2D eigenvalue weighted by molar-refractivity contribution is 0.0977. The number of nitrogens with one attached hydrogen (secondary N) is 1. The Morgan fingerprint density at radius 1 is 1.21 bits per heavy atom. The van der Waals surface area contributed by atoms with Crippen LogP contribution in [0.25, 0.3) is 10.9 Å². The maximum absolute atomic E-state index is 12.8. The van der Waals surface area contributed by atoms with Crippen LogP contribution in [-0.2, 0) is 12.8 Å². The van der Waals surface area contributed by atoms with Crippen molar-refractivity contribution in [3.8, 4) is 6.07 Å². The number of hydrogen-bond acceptors (Lipinski definition) is 3. The molecule has 4 nitrogen and oxygen atoms in total. The van der Waals surface area contributed by atoms with Gasteiger partial charge in [-0.05, 0) is 61.6 Å². The topological polar surface area (TPSA) is 69.5 Å². The van der Waals surface area contributed by atoms with E-state index in [-0.39, 0.29) is 5.78 Å². The molecule has 1 aliphatic rings. The fraction of sp³-hybridized carbons (Fsp3) is 0.250. The zero-order chi connectivity index (χ0) is 16.5. The second-order valence-corrected chi connectivity index (χ2v) is 6.23. The predicted octanol–water partition coefficient (Wildman–Crippen LogP) is 3.93. The highest BCUT2D eigenvalue weighted by Crippen LogP contribution is 2.30. The number of benzene rings is 1. The maximum Gasteiger partial charge on any atom is 0.186 e. The quantitative estimate of drug-likeness (QED) is 0.744. The summed E-state index contributed by atoms with van der Waals surface area (Å²) in [5, 5.41) is 10.6. The van der Waals surface area contributed by atoms with Crippen molar-refractivity contribution in [2.45, 2.75) is 31.6 Å². The van der Waals surface area contributed by atoms with E-state index in [1.165, 1.54) is 24.1 Å². The van der Waals surface area contributed by atoms with Crippen molar-refractivity contribution in [1.82, 2.24) is 9.97 Å². The van der Waals surface area contributed by atoms with Crippen LogP contribution in [-0.4, -0.2) is 15.8 Å². The Hall–Kier alpha value is -2.93. The Morgan fingerprint density at radius 3 is 2.88 bits per heavy atom. The minimum atomic E-state index is -0.863. The molecular formula is C20H17N3O. The van der Waals surface area contributed by atoms with Crippen LogP contribution in [0.1, 0.15) is 46.1 Å². The molecule has 1 atom stereocenters. The van der Waals surface area contributed by atoms with Crippen molar-refractivity contribution in [2.75, 3.05) is 0 Å². The molecule has 0 radical (unpaired) electrons. The highest BCUT2D eigenvalue weighted by atomic mass is 16.1. The standard InChI is InChI=1S/C20H17N3O/c21-12-16(17-6-3-4-10-22-17)20(24)13-8-9-19-15(11-13)14-5-1-2-7-18(14)23-19/h3-4,6,8-11,16,23H,1-2,5,7H2. The van der Waals surface area contributed by atoms with Crippen molar-refractivity contribution in [1.29, 1.82) is 5.26 Å². The zero-order valence-electron chi connectivity index (χ0n) is 13.2. The van der Waals surface area contributed by atoms with Gasteiger partial charge in [-0.15, -0.1) is 0 Å². The van der Waals surface area contributed by atoms with Gasteiger partial charge in [-0.1, -0.05) is 6.07 Å². The minimum Gasteiger partial charge on any atom is -0.358 e. The van der Waals surface area contributed by atoms with E-state index in [2.05, 4.69) is 16.0 Å². The maximum atomic E-state index is 12.8. The van der Waals surface area contributed by atoms with E-state index >= 15 is 0 Å². The highest BCUT2D eigenvalue weighted by Gasteiger charge is 2.24. The summed E-state index contributed by atoms with van der Waals surface area (Å²) >= 11 is 0. The van der Waals surface area contributed by atoms with Crippen molar-refractivity contribution in [3.63, 3.8) is 0 Å². The van der Waals surface area contributed by atoms with Gasteiger partial charge in [0.25, 0.3) is 0 Å². The predicted molar refractivity (Wildman–Crippen MR) is 91.9 cm³/mol. The highest BCUT2D eigenvalue weighted by molar-refractivity contribution is 6.05. The first-order chi connectivity index (χ1) is 11.8. The van der Waals surface area contributed by atoms with E-state index < -0.39 is 5.92 Å². The number of ketones is 1. The van der Waals surface area contributed by atoms with E-state index in [1.54, 1.807) is 30.5 Å². The number of H-pyrrole nitrogens is 1. The first-order valence-electron chi connectivity index (χ1n) is 8.26. The number of aryl methyl sites for hydroxylation is 2. The van der Waals surface area contributed by atoms with Gasteiger partial charge < -0.3 is 4.98 Å². The monoisotopic (exact) mass is 315 g/mol. The van der Waals surface area contributed by atoms with E-state index in [1.807, 2.05) is 12.1 Å². The Morgan fingerprint density at radius 2 is 2.08 bits per heavy atom. The number of carbonyl (C=O) groups excluding carboxylic acids is 1. The van der Waals surface area contributed by atoms with Gasteiger partial charge in [0.1, 0.15) is 0 Å². The third-order valence-electron chi connectivity index (χ3n) is 4.76. The van der Waals surface area contributed by atoms with Gasteiger partial charge >= 0.3 is 0 Å². The first-order valence-corrected chi connectivity index (χ1v) is 8.26. The SMILES string of the molecule is N#CC(C(=O)c1ccc2[nH]c3c(c2c1)CCCC3)c1ccccn1. The van der Waals surface area contributed by atoms with Crippen LogP contribution in [0.15, 0.2) is 42.6 Å². The summed E-state index contributed by atoms with van der Waals surface area (Å²) in [5.41, 5.74) is 4.78. The Bertz CT molecular complexity index is 950. The van der Waals surface area contributed by atoms with Crippen molar-refractivity contribution < 1.29 is 4.79 Å². The number of aromatic amines is 1. The molecule has 3 aromatic rings. The number of hydrogen-bond donors (Lipinski definition) is 1. The number of carbonyl (C=O) groups is 1. The number of nitriles is 1. The van der Waals surface area contributed by atoms with Crippen molar-refractivity contribution in [3.05, 3.63) is 65.1 Å². The van der Waals surface area contributed by atoms with Crippen LogP contribution in [0.3, 0.4) is 0 Å². The average Bonchev–Trinajstić information content (AvgIpc) is 3.01. The second kappa shape index (κ2) is 5.93. The van der Waals surface area contributed by atoms with E-state index in [0.29, 0.717) is 11.3 Å². The molecule has 2 aromatic heterocycles. The third kappa shape index (κ3) is 2.39. The molecular weight excluding hydrogens is 298 g/mol. The Labute approximate surface area is 140 Å². The average molecular weight is 315 g/mol. The lowest BCUT2D eigenvalue weighted by atomic mass is 9.92. The van der Waals surface area contributed by atoms with Gasteiger partial charge in [0, 0.05) is 28.4 Å². The van der Waals surface area contributed by atoms with E-state index in [0.717, 1.165) is 23.7 Å². The summed E-state index contributed by atoms with van der Waals surface area (Å²) in [7, 11) is 0. The number of Topliss-reactive ketones (excluding diaryl/α,β-unsaturated/α-hetero) is 1. The second-order valence-electron chi connectivity index (χ2n) is 6.23. The van der Waals surface area contributed by atoms with Gasteiger partial charge in [0.15, 0.2) is 11.7 Å². The first kappa shape index (κ1) is 14.6. The molecule has 0 aliphatic heterocycles. The summed E-state index contributed by atoms with van der Waals surface area (Å²) in [4.78, 5) is 20.5. The molecule has 0 fully saturated rings. The smallest absolute Gasteiger partial charge is 0.186 e. The molecule has 0 saturated carbocycles. The Balaban J connectivity index is 1.76. The van der Waals surface area contributed by atoms with Crippen LogP contribution in [0.2, 0.25) is 0 Å². The Kier molecular flexibility index (Phi) is 3.62. The van der Waals surface area contributed by atoms with Gasteiger partial charge in [-0.2, -0.15) is 5.26 Å². The number of nitrogens with zero attached hydrogens (tertiary/aromatic N) is 2. The zero-order valence-corrected chi connectivity index (χ0v) is 13.2. The molecule has 118 valence electrons.